The molecular formula is C39H60N4O6. The molecule has 3 amide bonds. The Kier molecular flexibility index (Phi) is 13.2. The molecule has 0 aromatic heterocycles. The molecule has 0 spiro atoms. The zero-order valence-electron chi connectivity index (χ0n) is 31.1. The van der Waals surface area contributed by atoms with Gasteiger partial charge in [-0.1, -0.05) is 102 Å². The van der Waals surface area contributed by atoms with Gasteiger partial charge in [0.05, 0.1) is 0 Å². The van der Waals surface area contributed by atoms with E-state index in [-0.39, 0.29) is 46.4 Å². The summed E-state index contributed by atoms with van der Waals surface area (Å²) in [5.74, 6) is 0. The summed E-state index contributed by atoms with van der Waals surface area (Å²) in [6.07, 6.45) is 2.52. The Morgan fingerprint density at radius 3 is 1.49 bits per heavy atom. The van der Waals surface area contributed by atoms with E-state index in [1.54, 1.807) is 0 Å². The third-order valence-corrected chi connectivity index (χ3v) is 11.3. The largest absolute Gasteiger partial charge is 0.445 e. The highest BCUT2D eigenvalue weighted by Crippen LogP contribution is 2.53. The van der Waals surface area contributed by atoms with Crippen molar-refractivity contribution in [1.82, 2.24) is 16.0 Å². The molecule has 2 saturated carbocycles. The lowest BCUT2D eigenvalue weighted by Crippen LogP contribution is -2.50. The van der Waals surface area contributed by atoms with Gasteiger partial charge in [-0.3, -0.25) is 0 Å². The zero-order chi connectivity index (χ0) is 36.5. The van der Waals surface area contributed by atoms with Crippen LogP contribution in [0, 0.1) is 21.7 Å². The fraction of sp³-hybridized carbons (Fsp3) is 0.615. The standard InChI is InChI=1S/C22H34N2O4.C17H26N2O2/c1-20(2,3)28-18(25)23-15-22(6)13-12-17(21(22,4)5)24-19(26)27-14-16-10-8-7-9-11-16;1-16(2)14(9-10-17(16,3)12-18)19-15(20)21-11-13-7-5-4-6-8-13/h7-11,17H,12-15H2,1-6H3,(H,23,25)(H,24,26);4-8,14H,9-12,18H2,1-3H3,(H,19,20)/t17-,22-;14-,17-/m11/s1. The van der Waals surface area contributed by atoms with E-state index in [0.717, 1.165) is 36.8 Å². The Morgan fingerprint density at radius 1 is 0.694 bits per heavy atom. The molecule has 0 aliphatic heterocycles. The highest BCUT2D eigenvalue weighted by molar-refractivity contribution is 5.69. The molecule has 2 aromatic carbocycles. The van der Waals surface area contributed by atoms with Crippen LogP contribution in [0.25, 0.3) is 0 Å². The third kappa shape index (κ3) is 10.6. The number of amides is 3. The second-order valence-electron chi connectivity index (χ2n) is 16.2. The van der Waals surface area contributed by atoms with Gasteiger partial charge in [0.2, 0.25) is 0 Å². The van der Waals surface area contributed by atoms with Crippen LogP contribution in [0.3, 0.4) is 0 Å². The molecule has 2 aliphatic rings. The number of carbonyl (C=O) groups excluding carboxylic acids is 3. The molecule has 2 aliphatic carbocycles. The van der Waals surface area contributed by atoms with Crippen molar-refractivity contribution >= 4 is 18.3 Å². The van der Waals surface area contributed by atoms with Gasteiger partial charge in [-0.25, -0.2) is 14.4 Å². The van der Waals surface area contributed by atoms with Gasteiger partial charge < -0.3 is 35.9 Å². The summed E-state index contributed by atoms with van der Waals surface area (Å²) in [5.41, 5.74) is 6.99. The number of nitrogens with one attached hydrogen (secondary N) is 3. The van der Waals surface area contributed by atoms with Gasteiger partial charge in [0.15, 0.2) is 0 Å². The van der Waals surface area contributed by atoms with E-state index in [0.29, 0.717) is 19.7 Å². The van der Waals surface area contributed by atoms with Gasteiger partial charge in [-0.2, -0.15) is 0 Å². The lowest BCUT2D eigenvalue weighted by molar-refractivity contribution is 0.0433. The van der Waals surface area contributed by atoms with Crippen molar-refractivity contribution in [2.24, 2.45) is 27.4 Å². The van der Waals surface area contributed by atoms with Crippen LogP contribution in [0.4, 0.5) is 14.4 Å². The van der Waals surface area contributed by atoms with Crippen LogP contribution in [-0.4, -0.2) is 49.1 Å². The summed E-state index contributed by atoms with van der Waals surface area (Å²) in [6, 6.07) is 19.4. The summed E-state index contributed by atoms with van der Waals surface area (Å²) in [6.45, 7) is 20.1. The second kappa shape index (κ2) is 16.3. The molecule has 2 aromatic rings. The molecule has 0 bridgehead atoms. The van der Waals surface area contributed by atoms with E-state index in [9.17, 15) is 14.4 Å². The predicted molar refractivity (Wildman–Crippen MR) is 193 cm³/mol. The Bertz CT molecular complexity index is 1380. The van der Waals surface area contributed by atoms with Crippen LogP contribution in [0.1, 0.15) is 99.1 Å². The number of ether oxygens (including phenoxy) is 3. The lowest BCUT2D eigenvalue weighted by Gasteiger charge is -2.41. The molecule has 0 saturated heterocycles. The molecule has 49 heavy (non-hydrogen) atoms. The highest BCUT2D eigenvalue weighted by Gasteiger charge is 2.53. The van der Waals surface area contributed by atoms with Crippen molar-refractivity contribution < 1.29 is 28.6 Å². The summed E-state index contributed by atoms with van der Waals surface area (Å²) in [7, 11) is 0. The van der Waals surface area contributed by atoms with Crippen molar-refractivity contribution in [3.05, 3.63) is 71.8 Å². The lowest BCUT2D eigenvalue weighted by atomic mass is 9.67. The molecular weight excluding hydrogens is 620 g/mol. The highest BCUT2D eigenvalue weighted by atomic mass is 16.6. The molecule has 272 valence electrons. The van der Waals surface area contributed by atoms with Gasteiger partial charge in [-0.15, -0.1) is 0 Å². The monoisotopic (exact) mass is 680 g/mol. The van der Waals surface area contributed by atoms with Gasteiger partial charge in [0.25, 0.3) is 0 Å². The van der Waals surface area contributed by atoms with E-state index in [2.05, 4.69) is 57.5 Å². The van der Waals surface area contributed by atoms with Crippen molar-refractivity contribution in [3.8, 4) is 0 Å². The number of carbonyl (C=O) groups is 3. The number of nitrogens with two attached hydrogens (primary N) is 1. The zero-order valence-corrected chi connectivity index (χ0v) is 31.1. The molecule has 10 heteroatoms. The minimum Gasteiger partial charge on any atom is -0.445 e. The minimum absolute atomic E-state index is 0.0267. The topological polar surface area (TPSA) is 141 Å². The first-order valence-electron chi connectivity index (χ1n) is 17.4. The Balaban J connectivity index is 0.000000276. The minimum atomic E-state index is -0.525. The van der Waals surface area contributed by atoms with Gasteiger partial charge >= 0.3 is 18.3 Å². The fourth-order valence-corrected chi connectivity index (χ4v) is 6.72. The van der Waals surface area contributed by atoms with E-state index < -0.39 is 17.8 Å². The van der Waals surface area contributed by atoms with Crippen molar-refractivity contribution in [2.45, 2.75) is 119 Å². The maximum atomic E-state index is 12.3. The first kappa shape index (κ1) is 39.6. The fourth-order valence-electron chi connectivity index (χ4n) is 6.72. The smallest absolute Gasteiger partial charge is 0.407 e. The van der Waals surface area contributed by atoms with Crippen LogP contribution in [0.5, 0.6) is 0 Å². The normalized spacial score (nSPS) is 25.3. The molecule has 5 N–H and O–H groups in total. The van der Waals surface area contributed by atoms with E-state index >= 15 is 0 Å². The van der Waals surface area contributed by atoms with Crippen LogP contribution >= 0.6 is 0 Å². The van der Waals surface area contributed by atoms with Gasteiger partial charge in [0.1, 0.15) is 18.8 Å². The number of hydrogen-bond acceptors (Lipinski definition) is 7. The third-order valence-electron chi connectivity index (χ3n) is 11.3. The maximum Gasteiger partial charge on any atom is 0.407 e. The second-order valence-corrected chi connectivity index (χ2v) is 16.2. The number of rotatable bonds is 9. The summed E-state index contributed by atoms with van der Waals surface area (Å²) in [5, 5.41) is 8.92. The van der Waals surface area contributed by atoms with Crippen LogP contribution in [0.15, 0.2) is 60.7 Å². The SMILES string of the molecule is CC(C)(C)OC(=O)NC[C@@]1(C)CC[C@@H](NC(=O)OCc2ccccc2)C1(C)C.CC1(C)[C@H](NC(=O)OCc2ccccc2)CC[C@]1(C)CN. The van der Waals surface area contributed by atoms with E-state index in [1.807, 2.05) is 81.4 Å². The quantitative estimate of drug-likeness (QED) is 0.199. The molecule has 2 fully saturated rings. The molecule has 4 atom stereocenters. The Morgan fingerprint density at radius 2 is 1.10 bits per heavy atom. The Hall–Kier alpha value is -3.79. The first-order valence-corrected chi connectivity index (χ1v) is 17.4. The summed E-state index contributed by atoms with van der Waals surface area (Å²) in [4.78, 5) is 36.3. The van der Waals surface area contributed by atoms with Crippen LogP contribution in [0.2, 0.25) is 0 Å². The molecule has 0 radical (unpaired) electrons. The summed E-state index contributed by atoms with van der Waals surface area (Å²) < 4.78 is 16.0. The first-order chi connectivity index (χ1) is 22.8. The number of hydrogen-bond donors (Lipinski definition) is 4. The number of alkyl carbamates (subject to hydrolysis) is 3. The van der Waals surface area contributed by atoms with E-state index in [1.165, 1.54) is 0 Å². The molecule has 4 rings (SSSR count). The van der Waals surface area contributed by atoms with E-state index in [4.69, 9.17) is 19.9 Å². The molecule has 0 heterocycles. The average molecular weight is 681 g/mol. The van der Waals surface area contributed by atoms with Crippen LogP contribution in [-0.2, 0) is 27.4 Å². The number of benzene rings is 2. The van der Waals surface area contributed by atoms with Gasteiger partial charge in [-0.05, 0) is 85.8 Å². The van der Waals surface area contributed by atoms with Crippen molar-refractivity contribution in [3.63, 3.8) is 0 Å². The van der Waals surface area contributed by atoms with Crippen LogP contribution < -0.4 is 21.7 Å². The Labute approximate surface area is 293 Å². The van der Waals surface area contributed by atoms with Crippen molar-refractivity contribution in [1.29, 1.82) is 0 Å². The van der Waals surface area contributed by atoms with Gasteiger partial charge in [0, 0.05) is 18.6 Å². The predicted octanol–water partition coefficient (Wildman–Crippen LogP) is 7.70. The summed E-state index contributed by atoms with van der Waals surface area (Å²) >= 11 is 0. The molecule has 0 unspecified atom stereocenters. The maximum absolute atomic E-state index is 12.3. The average Bonchev–Trinajstić information content (AvgIpc) is 3.41. The molecule has 10 nitrogen and oxygen atoms in total. The van der Waals surface area contributed by atoms with Crippen molar-refractivity contribution in [2.75, 3.05) is 13.1 Å².